The zero-order valence-corrected chi connectivity index (χ0v) is 18.2. The average Bonchev–Trinajstić information content (AvgIpc) is 2.91. The summed E-state index contributed by atoms with van der Waals surface area (Å²) in [5.74, 6) is 1.30. The van der Waals surface area contributed by atoms with E-state index in [1.807, 2.05) is 39.0 Å². The summed E-state index contributed by atoms with van der Waals surface area (Å²) in [5.41, 5.74) is 0.870. The normalized spacial score (nSPS) is 18.7. The van der Waals surface area contributed by atoms with Crippen molar-refractivity contribution < 1.29 is 14.3 Å². The first-order valence-electron chi connectivity index (χ1n) is 8.75. The van der Waals surface area contributed by atoms with E-state index in [9.17, 15) is 4.79 Å². The molecule has 1 fully saturated rings. The van der Waals surface area contributed by atoms with Gasteiger partial charge in [-0.3, -0.25) is 14.7 Å². The van der Waals surface area contributed by atoms with Crippen molar-refractivity contribution in [2.75, 3.05) is 20.2 Å². The van der Waals surface area contributed by atoms with Crippen LogP contribution >= 0.6 is 27.7 Å². The molecule has 142 valence electrons. The van der Waals surface area contributed by atoms with Gasteiger partial charge < -0.3 is 9.47 Å². The molecule has 1 saturated heterocycles. The molecule has 26 heavy (non-hydrogen) atoms. The van der Waals surface area contributed by atoms with Gasteiger partial charge in [-0.05, 0) is 78.7 Å². The summed E-state index contributed by atoms with van der Waals surface area (Å²) in [7, 11) is 1.61. The van der Waals surface area contributed by atoms with Crippen LogP contribution in [0, 0.1) is 0 Å². The Morgan fingerprint density at radius 3 is 2.65 bits per heavy atom. The number of nitrogens with zero attached hydrogens (tertiary/aromatic N) is 2. The van der Waals surface area contributed by atoms with Crippen LogP contribution in [-0.2, 0) is 4.79 Å². The SMILES string of the molecule is CCN=C1S/C(=C\c2cc(Br)c(O[C@@H](C)CC)c(OC)c2)C(=O)N1CC. The van der Waals surface area contributed by atoms with E-state index in [2.05, 4.69) is 27.8 Å². The fraction of sp³-hybridized carbons (Fsp3) is 0.474. The molecule has 7 heteroatoms. The standard InChI is InChI=1S/C19H25BrN2O3S/c1-6-12(4)25-17-14(20)9-13(10-15(17)24-5)11-16-18(23)22(8-3)19(26-16)21-7-2/h9-12H,6-8H2,1-5H3/b16-11-,21-19?/t12-/m0/s1. The van der Waals surface area contributed by atoms with Crippen molar-refractivity contribution in [3.8, 4) is 11.5 Å². The second-order valence-electron chi connectivity index (χ2n) is 5.79. The van der Waals surface area contributed by atoms with Crippen molar-refractivity contribution >= 4 is 44.8 Å². The topological polar surface area (TPSA) is 51.1 Å². The van der Waals surface area contributed by atoms with E-state index in [1.54, 1.807) is 12.0 Å². The van der Waals surface area contributed by atoms with E-state index in [0.717, 1.165) is 21.6 Å². The number of aliphatic imine (C=N–C) groups is 1. The minimum Gasteiger partial charge on any atom is -0.493 e. The minimum absolute atomic E-state index is 0.0141. The Bertz CT molecular complexity index is 734. The lowest BCUT2D eigenvalue weighted by atomic mass is 10.1. The Kier molecular flexibility index (Phi) is 7.58. The fourth-order valence-corrected chi connectivity index (χ4v) is 4.07. The number of ether oxygens (including phenoxy) is 2. The van der Waals surface area contributed by atoms with Crippen LogP contribution in [-0.4, -0.2) is 42.3 Å². The summed E-state index contributed by atoms with van der Waals surface area (Å²) in [5, 5.41) is 0.758. The third kappa shape index (κ3) is 4.62. The molecule has 2 rings (SSSR count). The summed E-state index contributed by atoms with van der Waals surface area (Å²) in [4.78, 5) is 19.4. The number of benzene rings is 1. The lowest BCUT2D eigenvalue weighted by Crippen LogP contribution is -2.28. The van der Waals surface area contributed by atoms with E-state index in [0.29, 0.717) is 29.5 Å². The number of hydrogen-bond acceptors (Lipinski definition) is 5. The van der Waals surface area contributed by atoms with Gasteiger partial charge in [0.15, 0.2) is 16.7 Å². The number of carbonyl (C=O) groups is 1. The van der Waals surface area contributed by atoms with Crippen LogP contribution in [0.2, 0.25) is 0 Å². The monoisotopic (exact) mass is 440 g/mol. The molecule has 1 aliphatic rings. The lowest BCUT2D eigenvalue weighted by molar-refractivity contribution is -0.122. The van der Waals surface area contributed by atoms with Crippen molar-refractivity contribution in [3.05, 3.63) is 27.1 Å². The molecule has 0 radical (unpaired) electrons. The van der Waals surface area contributed by atoms with Crippen LogP contribution in [0.1, 0.15) is 39.7 Å². The lowest BCUT2D eigenvalue weighted by Gasteiger charge is -2.17. The molecule has 0 aliphatic carbocycles. The quantitative estimate of drug-likeness (QED) is 0.562. The van der Waals surface area contributed by atoms with Crippen molar-refractivity contribution in [1.82, 2.24) is 4.90 Å². The maximum atomic E-state index is 12.6. The van der Waals surface area contributed by atoms with Gasteiger partial charge in [0.25, 0.3) is 5.91 Å². The molecule has 1 amide bonds. The van der Waals surface area contributed by atoms with E-state index in [1.165, 1.54) is 11.8 Å². The third-order valence-corrected chi connectivity index (χ3v) is 5.57. The van der Waals surface area contributed by atoms with E-state index in [-0.39, 0.29) is 12.0 Å². The first-order valence-corrected chi connectivity index (χ1v) is 10.4. The number of hydrogen-bond donors (Lipinski definition) is 0. The van der Waals surface area contributed by atoms with Crippen LogP contribution in [0.3, 0.4) is 0 Å². The molecule has 1 aromatic rings. The number of methoxy groups -OCH3 is 1. The van der Waals surface area contributed by atoms with Crippen LogP contribution in [0.15, 0.2) is 26.5 Å². The number of thioether (sulfide) groups is 1. The Hall–Kier alpha value is -1.47. The Balaban J connectivity index is 2.38. The highest BCUT2D eigenvalue weighted by atomic mass is 79.9. The molecule has 0 aromatic heterocycles. The van der Waals surface area contributed by atoms with Gasteiger partial charge in [0.1, 0.15) is 0 Å². The highest BCUT2D eigenvalue weighted by molar-refractivity contribution is 9.10. The Morgan fingerprint density at radius 1 is 1.35 bits per heavy atom. The van der Waals surface area contributed by atoms with Crippen LogP contribution in [0.4, 0.5) is 0 Å². The molecule has 0 spiro atoms. The zero-order chi connectivity index (χ0) is 19.3. The van der Waals surface area contributed by atoms with Gasteiger partial charge in [0.2, 0.25) is 0 Å². The molecule has 1 aromatic carbocycles. The largest absolute Gasteiger partial charge is 0.493 e. The Labute approximate surface area is 168 Å². The van der Waals surface area contributed by atoms with Crippen molar-refractivity contribution in [3.63, 3.8) is 0 Å². The predicted molar refractivity (Wildman–Crippen MR) is 112 cm³/mol. The van der Waals surface area contributed by atoms with E-state index >= 15 is 0 Å². The van der Waals surface area contributed by atoms with Gasteiger partial charge in [0, 0.05) is 13.1 Å². The number of likely N-dealkylation sites (N-methyl/N-ethyl adjacent to an activating group) is 1. The number of rotatable bonds is 7. The third-order valence-electron chi connectivity index (χ3n) is 3.94. The van der Waals surface area contributed by atoms with Gasteiger partial charge >= 0.3 is 0 Å². The molecule has 1 aliphatic heterocycles. The summed E-state index contributed by atoms with van der Waals surface area (Å²) in [6.07, 6.45) is 2.86. The van der Waals surface area contributed by atoms with Crippen molar-refractivity contribution in [1.29, 1.82) is 0 Å². The predicted octanol–water partition coefficient (Wildman–Crippen LogP) is 4.95. The molecule has 0 N–H and O–H groups in total. The molecular formula is C19H25BrN2O3S. The zero-order valence-electron chi connectivity index (χ0n) is 15.8. The first kappa shape index (κ1) is 20.8. The molecule has 1 heterocycles. The summed E-state index contributed by atoms with van der Waals surface area (Å²) in [6, 6.07) is 3.82. The molecule has 5 nitrogen and oxygen atoms in total. The van der Waals surface area contributed by atoms with Gasteiger partial charge in [-0.1, -0.05) is 6.92 Å². The minimum atomic E-state index is -0.0141. The molecular weight excluding hydrogens is 416 g/mol. The highest BCUT2D eigenvalue weighted by Crippen LogP contribution is 2.39. The molecule has 0 unspecified atom stereocenters. The number of amidine groups is 1. The summed E-state index contributed by atoms with van der Waals surface area (Å²) >= 11 is 4.97. The van der Waals surface area contributed by atoms with Gasteiger partial charge in [-0.2, -0.15) is 0 Å². The number of amides is 1. The number of halogens is 1. The second kappa shape index (κ2) is 9.46. The molecule has 1 atom stereocenters. The maximum absolute atomic E-state index is 12.6. The van der Waals surface area contributed by atoms with Crippen molar-refractivity contribution in [2.45, 2.75) is 40.2 Å². The van der Waals surface area contributed by atoms with Crippen LogP contribution in [0.5, 0.6) is 11.5 Å². The second-order valence-corrected chi connectivity index (χ2v) is 7.65. The highest BCUT2D eigenvalue weighted by Gasteiger charge is 2.31. The van der Waals surface area contributed by atoms with Gasteiger partial charge in [-0.15, -0.1) is 0 Å². The van der Waals surface area contributed by atoms with Crippen molar-refractivity contribution in [2.24, 2.45) is 4.99 Å². The van der Waals surface area contributed by atoms with Gasteiger partial charge in [0.05, 0.1) is 22.6 Å². The number of carbonyl (C=O) groups excluding carboxylic acids is 1. The summed E-state index contributed by atoms with van der Waals surface area (Å²) < 4.78 is 12.2. The van der Waals surface area contributed by atoms with E-state index in [4.69, 9.17) is 9.47 Å². The first-order chi connectivity index (χ1) is 12.4. The van der Waals surface area contributed by atoms with Crippen LogP contribution in [0.25, 0.3) is 6.08 Å². The summed E-state index contributed by atoms with van der Waals surface area (Å²) in [6.45, 7) is 9.27. The van der Waals surface area contributed by atoms with Crippen LogP contribution < -0.4 is 9.47 Å². The maximum Gasteiger partial charge on any atom is 0.266 e. The fourth-order valence-electron chi connectivity index (χ4n) is 2.41. The Morgan fingerprint density at radius 2 is 2.08 bits per heavy atom. The average molecular weight is 441 g/mol. The molecule has 0 saturated carbocycles. The van der Waals surface area contributed by atoms with Gasteiger partial charge in [-0.25, -0.2) is 0 Å². The van der Waals surface area contributed by atoms with E-state index < -0.39 is 0 Å². The molecule has 0 bridgehead atoms. The smallest absolute Gasteiger partial charge is 0.266 e.